The van der Waals surface area contributed by atoms with E-state index in [4.69, 9.17) is 11.6 Å². The summed E-state index contributed by atoms with van der Waals surface area (Å²) in [6.07, 6.45) is 0. The van der Waals surface area contributed by atoms with Crippen molar-refractivity contribution in [3.05, 3.63) is 41.4 Å². The Morgan fingerprint density at radius 1 is 1.33 bits per heavy atom. The van der Waals surface area contributed by atoms with Crippen molar-refractivity contribution in [1.82, 2.24) is 14.8 Å². The minimum Gasteiger partial charge on any atom is -0.305 e. The summed E-state index contributed by atoms with van der Waals surface area (Å²) in [5, 5.41) is 10.0. The smallest absolute Gasteiger partial charge is 0.191 e. The summed E-state index contributed by atoms with van der Waals surface area (Å²) in [6, 6.07) is 7.59. The van der Waals surface area contributed by atoms with Crippen LogP contribution in [0.2, 0.25) is 5.02 Å². The molecule has 0 saturated heterocycles. The molecule has 0 spiro atoms. The molecule has 2 aromatic rings. The molecule has 0 aliphatic rings. The second kappa shape index (κ2) is 5.59. The number of aromatic nitrogens is 3. The van der Waals surface area contributed by atoms with E-state index < -0.39 is 0 Å². The lowest BCUT2D eigenvalue weighted by Crippen LogP contribution is -1.95. The lowest BCUT2D eigenvalue weighted by molar-refractivity contribution is 0.794. The molecule has 0 aliphatic carbocycles. The van der Waals surface area contributed by atoms with Gasteiger partial charge in [0.1, 0.15) is 0 Å². The third-order valence-electron chi connectivity index (χ3n) is 2.38. The van der Waals surface area contributed by atoms with E-state index in [0.29, 0.717) is 0 Å². The highest BCUT2D eigenvalue weighted by atomic mass is 35.5. The summed E-state index contributed by atoms with van der Waals surface area (Å²) >= 11 is 7.51. The Kier molecular flexibility index (Phi) is 4.09. The summed E-state index contributed by atoms with van der Waals surface area (Å²) < 4.78 is 1.98. The lowest BCUT2D eigenvalue weighted by atomic mass is 10.2. The summed E-state index contributed by atoms with van der Waals surface area (Å²) in [6.45, 7) is 5.89. The Morgan fingerprint density at radius 2 is 2.00 bits per heavy atom. The molecule has 0 bridgehead atoms. The van der Waals surface area contributed by atoms with Gasteiger partial charge < -0.3 is 4.57 Å². The van der Waals surface area contributed by atoms with Crippen LogP contribution in [0.15, 0.2) is 41.6 Å². The quantitative estimate of drug-likeness (QED) is 0.630. The van der Waals surface area contributed by atoms with Gasteiger partial charge in [-0.1, -0.05) is 35.5 Å². The van der Waals surface area contributed by atoms with Gasteiger partial charge in [-0.2, -0.15) is 0 Å². The lowest BCUT2D eigenvalue weighted by Gasteiger charge is -2.03. The molecule has 0 N–H and O–H groups in total. The summed E-state index contributed by atoms with van der Waals surface area (Å²) in [5.74, 6) is 1.70. The number of halogens is 1. The highest BCUT2D eigenvalue weighted by Gasteiger charge is 2.10. The Labute approximate surface area is 116 Å². The normalized spacial score (nSPS) is 10.6. The van der Waals surface area contributed by atoms with Gasteiger partial charge in [0.05, 0.1) is 0 Å². The van der Waals surface area contributed by atoms with Crippen molar-refractivity contribution in [2.45, 2.75) is 12.1 Å². The van der Waals surface area contributed by atoms with E-state index in [-0.39, 0.29) is 0 Å². The van der Waals surface area contributed by atoms with Crippen LogP contribution >= 0.6 is 23.4 Å². The molecule has 94 valence electrons. The van der Waals surface area contributed by atoms with Crippen molar-refractivity contribution in [3.8, 4) is 11.4 Å². The largest absolute Gasteiger partial charge is 0.305 e. The van der Waals surface area contributed by atoms with E-state index in [0.717, 1.165) is 32.9 Å². The standard InChI is InChI=1S/C13H14ClN3S/c1-9(2)8-18-13-16-15-12(17(13)3)10-4-6-11(14)7-5-10/h4-7H,1,8H2,2-3H3. The van der Waals surface area contributed by atoms with Crippen LogP contribution in [-0.4, -0.2) is 20.5 Å². The van der Waals surface area contributed by atoms with Gasteiger partial charge in [0.2, 0.25) is 0 Å². The molecule has 0 amide bonds. The second-order valence-corrected chi connectivity index (χ2v) is 5.50. The minimum atomic E-state index is 0.720. The van der Waals surface area contributed by atoms with Crippen molar-refractivity contribution < 1.29 is 0 Å². The highest BCUT2D eigenvalue weighted by molar-refractivity contribution is 7.99. The predicted molar refractivity (Wildman–Crippen MR) is 77.0 cm³/mol. The van der Waals surface area contributed by atoms with Crippen molar-refractivity contribution in [2.24, 2.45) is 7.05 Å². The number of benzene rings is 1. The second-order valence-electron chi connectivity index (χ2n) is 4.12. The Balaban J connectivity index is 2.25. The first kappa shape index (κ1) is 13.2. The zero-order valence-electron chi connectivity index (χ0n) is 10.4. The number of rotatable bonds is 4. The molecule has 2 rings (SSSR count). The molecule has 0 saturated carbocycles. The molecule has 1 aromatic heterocycles. The van der Waals surface area contributed by atoms with E-state index in [1.807, 2.05) is 42.8 Å². The number of thioether (sulfide) groups is 1. The number of nitrogens with zero attached hydrogens (tertiary/aromatic N) is 3. The Bertz CT molecular complexity index is 560. The zero-order chi connectivity index (χ0) is 13.1. The Morgan fingerprint density at radius 3 is 2.61 bits per heavy atom. The van der Waals surface area contributed by atoms with E-state index in [9.17, 15) is 0 Å². The average Bonchev–Trinajstić information content (AvgIpc) is 2.69. The van der Waals surface area contributed by atoms with Gasteiger partial charge in [0.15, 0.2) is 11.0 Å². The van der Waals surface area contributed by atoms with Crippen LogP contribution in [0.3, 0.4) is 0 Å². The van der Waals surface area contributed by atoms with Gasteiger partial charge >= 0.3 is 0 Å². The van der Waals surface area contributed by atoms with Crippen molar-refractivity contribution in [1.29, 1.82) is 0 Å². The van der Waals surface area contributed by atoms with Gasteiger partial charge in [-0.3, -0.25) is 0 Å². The SMILES string of the molecule is C=C(C)CSc1nnc(-c2ccc(Cl)cc2)n1C. The summed E-state index contributed by atoms with van der Waals surface area (Å²) in [5.41, 5.74) is 2.13. The molecule has 0 fully saturated rings. The molecule has 18 heavy (non-hydrogen) atoms. The van der Waals surface area contributed by atoms with Gasteiger partial charge in [-0.25, -0.2) is 0 Å². The molecule has 0 radical (unpaired) electrons. The maximum Gasteiger partial charge on any atom is 0.191 e. The van der Waals surface area contributed by atoms with Crippen LogP contribution < -0.4 is 0 Å². The van der Waals surface area contributed by atoms with Gasteiger partial charge in [-0.05, 0) is 31.2 Å². The topological polar surface area (TPSA) is 30.7 Å². The first-order valence-electron chi connectivity index (χ1n) is 5.50. The fourth-order valence-electron chi connectivity index (χ4n) is 1.48. The van der Waals surface area contributed by atoms with E-state index in [2.05, 4.69) is 16.8 Å². The van der Waals surface area contributed by atoms with Crippen molar-refractivity contribution in [3.63, 3.8) is 0 Å². The molecule has 5 heteroatoms. The first-order valence-corrected chi connectivity index (χ1v) is 6.87. The first-order chi connectivity index (χ1) is 8.58. The zero-order valence-corrected chi connectivity index (χ0v) is 11.9. The molecular weight excluding hydrogens is 266 g/mol. The predicted octanol–water partition coefficient (Wildman–Crippen LogP) is 3.80. The van der Waals surface area contributed by atoms with E-state index >= 15 is 0 Å². The van der Waals surface area contributed by atoms with Crippen LogP contribution in [0.25, 0.3) is 11.4 Å². The maximum atomic E-state index is 5.87. The molecule has 0 aliphatic heterocycles. The van der Waals surface area contributed by atoms with E-state index in [1.54, 1.807) is 11.8 Å². The van der Waals surface area contributed by atoms with E-state index in [1.165, 1.54) is 0 Å². The van der Waals surface area contributed by atoms with Crippen molar-refractivity contribution >= 4 is 23.4 Å². The monoisotopic (exact) mass is 279 g/mol. The Hall–Kier alpha value is -1.26. The van der Waals surface area contributed by atoms with Crippen molar-refractivity contribution in [2.75, 3.05) is 5.75 Å². The number of hydrogen-bond donors (Lipinski definition) is 0. The average molecular weight is 280 g/mol. The van der Waals surface area contributed by atoms with Gasteiger partial charge in [0, 0.05) is 23.4 Å². The van der Waals surface area contributed by atoms with Crippen LogP contribution in [0.5, 0.6) is 0 Å². The molecule has 3 nitrogen and oxygen atoms in total. The molecule has 1 aromatic carbocycles. The third kappa shape index (κ3) is 2.94. The highest BCUT2D eigenvalue weighted by Crippen LogP contribution is 2.24. The van der Waals surface area contributed by atoms with Crippen LogP contribution in [0.1, 0.15) is 6.92 Å². The summed E-state index contributed by atoms with van der Waals surface area (Å²) in [7, 11) is 1.96. The van der Waals surface area contributed by atoms with Crippen LogP contribution in [0.4, 0.5) is 0 Å². The maximum absolute atomic E-state index is 5.87. The molecule has 1 heterocycles. The molecule has 0 atom stereocenters. The van der Waals surface area contributed by atoms with Gasteiger partial charge in [0.25, 0.3) is 0 Å². The third-order valence-corrected chi connectivity index (χ3v) is 3.89. The van der Waals surface area contributed by atoms with Crippen LogP contribution in [0, 0.1) is 0 Å². The van der Waals surface area contributed by atoms with Gasteiger partial charge in [-0.15, -0.1) is 10.2 Å². The minimum absolute atomic E-state index is 0.720. The fourth-order valence-corrected chi connectivity index (χ4v) is 2.36. The molecule has 0 unspecified atom stereocenters. The molecular formula is C13H14ClN3S. The fraction of sp³-hybridized carbons (Fsp3) is 0.231. The number of hydrogen-bond acceptors (Lipinski definition) is 3. The van der Waals surface area contributed by atoms with Crippen LogP contribution in [-0.2, 0) is 7.05 Å². The summed E-state index contributed by atoms with van der Waals surface area (Å²) in [4.78, 5) is 0.